The number of fused-ring (bicyclic) bond motifs is 1. The zero-order valence-electron chi connectivity index (χ0n) is 24.3. The Kier molecular flexibility index (Phi) is 9.85. The van der Waals surface area contributed by atoms with E-state index in [1.54, 1.807) is 56.7 Å². The molecule has 1 aromatic heterocycles. The van der Waals surface area contributed by atoms with Crippen LogP contribution in [0.5, 0.6) is 34.6 Å². The van der Waals surface area contributed by atoms with Crippen molar-refractivity contribution in [3.63, 3.8) is 0 Å². The number of hydrogen-bond acceptors (Lipinski definition) is 9. The van der Waals surface area contributed by atoms with Crippen LogP contribution in [-0.2, 0) is 0 Å². The summed E-state index contributed by atoms with van der Waals surface area (Å²) in [5.74, 6) is 2.98. The number of carbonyl (C=O) groups excluding carboxylic acids is 1. The molecule has 2 heterocycles. The molecular formula is C31H34ClN5O6. The van der Waals surface area contributed by atoms with Crippen LogP contribution in [0.15, 0.2) is 54.9 Å². The number of carbonyl (C=O) groups is 1. The second-order valence-electron chi connectivity index (χ2n) is 9.84. The van der Waals surface area contributed by atoms with Gasteiger partial charge in [0.1, 0.15) is 23.6 Å². The molecule has 226 valence electrons. The quantitative estimate of drug-likeness (QED) is 0.172. The highest BCUT2D eigenvalue weighted by Gasteiger charge is 2.16. The minimum atomic E-state index is -0.498. The van der Waals surface area contributed by atoms with Crippen molar-refractivity contribution in [2.45, 2.75) is 19.3 Å². The summed E-state index contributed by atoms with van der Waals surface area (Å²) < 4.78 is 28.3. The van der Waals surface area contributed by atoms with Gasteiger partial charge in [0.15, 0.2) is 11.5 Å². The Morgan fingerprint density at radius 2 is 1.60 bits per heavy atom. The van der Waals surface area contributed by atoms with Crippen LogP contribution in [0, 0.1) is 0 Å². The smallest absolute Gasteiger partial charge is 0.323 e. The van der Waals surface area contributed by atoms with Crippen LogP contribution in [0.4, 0.5) is 16.2 Å². The Morgan fingerprint density at radius 3 is 2.35 bits per heavy atom. The van der Waals surface area contributed by atoms with Crippen molar-refractivity contribution < 1.29 is 28.5 Å². The number of nitrogens with zero attached hydrogens (tertiary/aromatic N) is 3. The molecule has 5 rings (SSSR count). The van der Waals surface area contributed by atoms with E-state index in [-0.39, 0.29) is 5.02 Å². The van der Waals surface area contributed by atoms with Crippen LogP contribution < -0.4 is 34.3 Å². The molecular weight excluding hydrogens is 574 g/mol. The average molecular weight is 608 g/mol. The molecule has 3 aromatic carbocycles. The third kappa shape index (κ3) is 7.49. The molecule has 11 nitrogen and oxygen atoms in total. The van der Waals surface area contributed by atoms with E-state index in [9.17, 15) is 4.79 Å². The number of aromatic nitrogens is 2. The second kappa shape index (κ2) is 14.1. The first-order valence-electron chi connectivity index (χ1n) is 13.9. The second-order valence-corrected chi connectivity index (χ2v) is 10.2. The van der Waals surface area contributed by atoms with Crippen LogP contribution in [0.2, 0.25) is 5.02 Å². The van der Waals surface area contributed by atoms with Gasteiger partial charge in [0, 0.05) is 24.7 Å². The van der Waals surface area contributed by atoms with Gasteiger partial charge < -0.3 is 39.2 Å². The van der Waals surface area contributed by atoms with E-state index in [0.717, 1.165) is 13.0 Å². The van der Waals surface area contributed by atoms with Gasteiger partial charge in [0.2, 0.25) is 5.88 Å². The molecule has 1 aliphatic rings. The number of methoxy groups -OCH3 is 3. The first kappa shape index (κ1) is 30.0. The van der Waals surface area contributed by atoms with Gasteiger partial charge in [-0.05, 0) is 62.7 Å². The number of urea groups is 1. The van der Waals surface area contributed by atoms with Gasteiger partial charge in [-0.25, -0.2) is 14.8 Å². The van der Waals surface area contributed by atoms with Crippen molar-refractivity contribution in [3.8, 4) is 34.6 Å². The molecule has 0 bridgehead atoms. The molecule has 0 spiro atoms. The molecule has 43 heavy (non-hydrogen) atoms. The number of benzene rings is 3. The van der Waals surface area contributed by atoms with Gasteiger partial charge in [0.05, 0.1) is 55.2 Å². The number of likely N-dealkylation sites (tertiary alicyclic amines) is 1. The van der Waals surface area contributed by atoms with Crippen LogP contribution >= 0.6 is 11.6 Å². The minimum absolute atomic E-state index is 0.273. The topological polar surface area (TPSA) is 116 Å². The summed E-state index contributed by atoms with van der Waals surface area (Å²) in [6.07, 6.45) is 4.91. The van der Waals surface area contributed by atoms with Crippen molar-refractivity contribution in [2.75, 3.05) is 58.2 Å². The van der Waals surface area contributed by atoms with Gasteiger partial charge >= 0.3 is 6.03 Å². The highest BCUT2D eigenvalue weighted by atomic mass is 35.5. The van der Waals surface area contributed by atoms with Crippen LogP contribution in [-0.4, -0.2) is 68.5 Å². The summed E-state index contributed by atoms with van der Waals surface area (Å²) in [5, 5.41) is 6.40. The molecule has 12 heteroatoms. The fourth-order valence-electron chi connectivity index (χ4n) is 4.82. The van der Waals surface area contributed by atoms with Crippen LogP contribution in [0.3, 0.4) is 0 Å². The van der Waals surface area contributed by atoms with Gasteiger partial charge in [0.25, 0.3) is 0 Å². The Balaban J connectivity index is 1.25. The minimum Gasteiger partial charge on any atom is -0.497 e. The van der Waals surface area contributed by atoms with E-state index < -0.39 is 6.03 Å². The molecule has 0 unspecified atom stereocenters. The lowest BCUT2D eigenvalue weighted by Crippen LogP contribution is -2.21. The first-order valence-corrected chi connectivity index (χ1v) is 14.3. The summed E-state index contributed by atoms with van der Waals surface area (Å²) in [6.45, 7) is 3.93. The van der Waals surface area contributed by atoms with E-state index >= 15 is 0 Å². The summed E-state index contributed by atoms with van der Waals surface area (Å²) in [6, 6.07) is 13.1. The molecule has 0 aliphatic carbocycles. The lowest BCUT2D eigenvalue weighted by atomic mass is 10.2. The fourth-order valence-corrected chi connectivity index (χ4v) is 5.04. The summed E-state index contributed by atoms with van der Waals surface area (Å²) in [4.78, 5) is 23.9. The van der Waals surface area contributed by atoms with Crippen molar-refractivity contribution in [2.24, 2.45) is 0 Å². The van der Waals surface area contributed by atoms with Crippen LogP contribution in [0.1, 0.15) is 19.3 Å². The van der Waals surface area contributed by atoms with Crippen molar-refractivity contribution in [1.29, 1.82) is 0 Å². The third-order valence-corrected chi connectivity index (χ3v) is 7.33. The number of hydrogen-bond donors (Lipinski definition) is 2. The Bertz CT molecular complexity index is 1580. The maximum Gasteiger partial charge on any atom is 0.323 e. The number of rotatable bonds is 12. The standard InChI is InChI=1S/C31H34ClN5O6/c1-39-20-7-10-25(27(16-20)40-2)36-31(38)35-24-9-8-21(15-23(24)32)43-30-22-17-28(41-3)29(18-26(22)33-19-34-30)42-14-6-13-37-11-4-5-12-37/h7-10,15-19H,4-6,11-14H2,1-3H3,(H2,35,36,38). The number of ether oxygens (including phenoxy) is 5. The number of halogens is 1. The molecule has 0 radical (unpaired) electrons. The summed E-state index contributed by atoms with van der Waals surface area (Å²) in [7, 11) is 4.65. The molecule has 1 saturated heterocycles. The first-order chi connectivity index (χ1) is 21.0. The van der Waals surface area contributed by atoms with Gasteiger partial charge in [-0.1, -0.05) is 11.6 Å². The monoisotopic (exact) mass is 607 g/mol. The summed E-state index contributed by atoms with van der Waals surface area (Å²) in [5.41, 5.74) is 1.51. The number of amides is 2. The lowest BCUT2D eigenvalue weighted by molar-refractivity contribution is 0.254. The molecule has 0 saturated carbocycles. The molecule has 2 N–H and O–H groups in total. The van der Waals surface area contributed by atoms with E-state index in [2.05, 4.69) is 25.5 Å². The van der Waals surface area contributed by atoms with E-state index in [0.29, 0.717) is 63.5 Å². The SMILES string of the molecule is COc1ccc(NC(=O)Nc2ccc(Oc3ncnc4cc(OCCCN5CCCC5)c(OC)cc34)cc2Cl)c(OC)c1. The Morgan fingerprint density at radius 1 is 0.860 bits per heavy atom. The van der Waals surface area contributed by atoms with E-state index in [1.807, 2.05) is 6.07 Å². The van der Waals surface area contributed by atoms with Crippen LogP contribution in [0.25, 0.3) is 10.9 Å². The van der Waals surface area contributed by atoms with Gasteiger partial charge in [-0.3, -0.25) is 0 Å². The molecule has 4 aromatic rings. The van der Waals surface area contributed by atoms with E-state index in [1.165, 1.54) is 39.4 Å². The van der Waals surface area contributed by atoms with E-state index in [4.69, 9.17) is 35.3 Å². The molecule has 2 amide bonds. The zero-order chi connectivity index (χ0) is 30.2. The zero-order valence-corrected chi connectivity index (χ0v) is 25.1. The highest BCUT2D eigenvalue weighted by Crippen LogP contribution is 2.37. The maximum atomic E-state index is 12.7. The molecule has 1 fully saturated rings. The molecule has 1 aliphatic heterocycles. The fraction of sp³-hybridized carbons (Fsp3) is 0.323. The Hall–Kier alpha value is -4.48. The van der Waals surface area contributed by atoms with Gasteiger partial charge in [-0.15, -0.1) is 0 Å². The lowest BCUT2D eigenvalue weighted by Gasteiger charge is -2.16. The molecule has 0 atom stereocenters. The predicted molar refractivity (Wildman–Crippen MR) is 166 cm³/mol. The largest absolute Gasteiger partial charge is 0.497 e. The normalized spacial score (nSPS) is 13.0. The van der Waals surface area contributed by atoms with Crippen molar-refractivity contribution in [1.82, 2.24) is 14.9 Å². The Labute approximate surface area is 255 Å². The van der Waals surface area contributed by atoms with Crippen molar-refractivity contribution in [3.05, 3.63) is 59.9 Å². The average Bonchev–Trinajstić information content (AvgIpc) is 3.54. The highest BCUT2D eigenvalue weighted by molar-refractivity contribution is 6.34. The van der Waals surface area contributed by atoms with Crippen molar-refractivity contribution >= 4 is 39.9 Å². The predicted octanol–water partition coefficient (Wildman–Crippen LogP) is 6.61. The maximum absolute atomic E-state index is 12.7. The third-order valence-electron chi connectivity index (χ3n) is 7.02. The number of anilines is 2. The number of nitrogens with one attached hydrogen (secondary N) is 2. The van der Waals surface area contributed by atoms with Gasteiger partial charge in [-0.2, -0.15) is 0 Å². The summed E-state index contributed by atoms with van der Waals surface area (Å²) >= 11 is 6.49.